The van der Waals surface area contributed by atoms with E-state index in [2.05, 4.69) is 0 Å². The van der Waals surface area contributed by atoms with Crippen LogP contribution in [0.15, 0.2) is 0 Å². The lowest BCUT2D eigenvalue weighted by Gasteiger charge is -2.11. The van der Waals surface area contributed by atoms with E-state index in [0.29, 0.717) is 5.96 Å². The highest BCUT2D eigenvalue weighted by Crippen LogP contribution is 1.96. The minimum atomic E-state index is 0.407. The molecular formula is C4H10N4. The standard InChI is InChI=1S/C4H10N4/c1-7-2-3-8(6)4(7)5/h5H,2-3,6H2,1H3. The van der Waals surface area contributed by atoms with Crippen LogP contribution in [0.25, 0.3) is 0 Å². The van der Waals surface area contributed by atoms with Crippen LogP contribution in [-0.4, -0.2) is 36.0 Å². The second-order valence-electron chi connectivity index (χ2n) is 1.94. The smallest absolute Gasteiger partial charge is 0.208 e. The van der Waals surface area contributed by atoms with Crippen LogP contribution < -0.4 is 5.84 Å². The molecule has 0 bridgehead atoms. The number of likely N-dealkylation sites (N-methyl/N-ethyl adjacent to an activating group) is 1. The second-order valence-corrected chi connectivity index (χ2v) is 1.94. The molecule has 46 valence electrons. The number of hydrogen-bond acceptors (Lipinski definition) is 2. The Labute approximate surface area is 48.3 Å². The zero-order valence-corrected chi connectivity index (χ0v) is 4.89. The van der Waals surface area contributed by atoms with Gasteiger partial charge in [-0.05, 0) is 0 Å². The predicted octanol–water partition coefficient (Wildman–Crippen LogP) is -0.958. The van der Waals surface area contributed by atoms with Gasteiger partial charge in [-0.15, -0.1) is 0 Å². The predicted molar refractivity (Wildman–Crippen MR) is 31.3 cm³/mol. The molecule has 0 saturated carbocycles. The van der Waals surface area contributed by atoms with Gasteiger partial charge in [0.1, 0.15) is 0 Å². The Morgan fingerprint density at radius 3 is 2.38 bits per heavy atom. The van der Waals surface area contributed by atoms with E-state index in [1.165, 1.54) is 5.01 Å². The third kappa shape index (κ3) is 0.626. The quantitative estimate of drug-likeness (QED) is 0.399. The van der Waals surface area contributed by atoms with Gasteiger partial charge in [0, 0.05) is 13.6 Å². The maximum absolute atomic E-state index is 7.19. The van der Waals surface area contributed by atoms with Gasteiger partial charge in [-0.3, -0.25) is 10.4 Å². The van der Waals surface area contributed by atoms with E-state index in [-0.39, 0.29) is 0 Å². The lowest BCUT2D eigenvalue weighted by molar-refractivity contribution is 0.487. The number of nitrogens with zero attached hydrogens (tertiary/aromatic N) is 2. The van der Waals surface area contributed by atoms with Gasteiger partial charge in [0.2, 0.25) is 5.96 Å². The number of rotatable bonds is 0. The van der Waals surface area contributed by atoms with Crippen molar-refractivity contribution >= 4 is 5.96 Å². The summed E-state index contributed by atoms with van der Waals surface area (Å²) in [7, 11) is 1.86. The van der Waals surface area contributed by atoms with Crippen LogP contribution in [0.5, 0.6) is 0 Å². The van der Waals surface area contributed by atoms with Gasteiger partial charge in [0.15, 0.2) is 0 Å². The summed E-state index contributed by atoms with van der Waals surface area (Å²) >= 11 is 0. The number of guanidine groups is 1. The van der Waals surface area contributed by atoms with E-state index in [0.717, 1.165) is 13.1 Å². The number of hydrazine groups is 1. The summed E-state index contributed by atoms with van der Waals surface area (Å²) in [5.74, 6) is 5.74. The van der Waals surface area contributed by atoms with Crippen molar-refractivity contribution in [2.45, 2.75) is 0 Å². The Kier molecular flexibility index (Phi) is 1.09. The lowest BCUT2D eigenvalue weighted by atomic mass is 10.7. The summed E-state index contributed by atoms with van der Waals surface area (Å²) in [5, 5.41) is 8.62. The average molecular weight is 114 g/mol. The van der Waals surface area contributed by atoms with Gasteiger partial charge in [-0.2, -0.15) is 0 Å². The Morgan fingerprint density at radius 2 is 2.25 bits per heavy atom. The number of nitrogens with one attached hydrogen (secondary N) is 1. The van der Waals surface area contributed by atoms with Gasteiger partial charge < -0.3 is 4.90 Å². The third-order valence-electron chi connectivity index (χ3n) is 1.31. The van der Waals surface area contributed by atoms with E-state index in [1.807, 2.05) is 7.05 Å². The summed E-state index contributed by atoms with van der Waals surface area (Å²) in [5.41, 5.74) is 0. The van der Waals surface area contributed by atoms with E-state index in [9.17, 15) is 0 Å². The first-order chi connectivity index (χ1) is 3.72. The van der Waals surface area contributed by atoms with E-state index in [1.54, 1.807) is 4.90 Å². The molecule has 3 N–H and O–H groups in total. The van der Waals surface area contributed by atoms with Crippen LogP contribution >= 0.6 is 0 Å². The van der Waals surface area contributed by atoms with Crippen molar-refractivity contribution in [2.24, 2.45) is 5.84 Å². The largest absolute Gasteiger partial charge is 0.343 e. The van der Waals surface area contributed by atoms with Crippen molar-refractivity contribution in [1.82, 2.24) is 9.91 Å². The summed E-state index contributed by atoms with van der Waals surface area (Å²) < 4.78 is 0. The maximum Gasteiger partial charge on any atom is 0.208 e. The Morgan fingerprint density at radius 1 is 1.62 bits per heavy atom. The SMILES string of the molecule is CN1CCN(N)C1=N. The molecule has 0 amide bonds. The molecule has 0 radical (unpaired) electrons. The van der Waals surface area contributed by atoms with Crippen molar-refractivity contribution in [1.29, 1.82) is 5.41 Å². The van der Waals surface area contributed by atoms with Crippen molar-refractivity contribution in [3.05, 3.63) is 0 Å². The fourth-order valence-corrected chi connectivity index (χ4v) is 0.689. The highest BCUT2D eigenvalue weighted by molar-refractivity contribution is 5.77. The molecule has 1 heterocycles. The molecule has 0 unspecified atom stereocenters. The highest BCUT2D eigenvalue weighted by atomic mass is 15.5. The molecule has 1 aliphatic rings. The van der Waals surface area contributed by atoms with Crippen molar-refractivity contribution in [3.63, 3.8) is 0 Å². The molecule has 0 aliphatic carbocycles. The summed E-state index contributed by atoms with van der Waals surface area (Å²) in [4.78, 5) is 1.81. The Balaban J connectivity index is 2.57. The molecule has 4 nitrogen and oxygen atoms in total. The molecule has 1 saturated heterocycles. The monoisotopic (exact) mass is 114 g/mol. The number of nitrogens with two attached hydrogens (primary N) is 1. The van der Waals surface area contributed by atoms with Gasteiger partial charge in [-0.1, -0.05) is 0 Å². The minimum Gasteiger partial charge on any atom is -0.343 e. The molecule has 0 aromatic carbocycles. The third-order valence-corrected chi connectivity index (χ3v) is 1.31. The Hall–Kier alpha value is -0.770. The van der Waals surface area contributed by atoms with E-state index >= 15 is 0 Å². The number of hydrogen-bond donors (Lipinski definition) is 2. The summed E-state index contributed by atoms with van der Waals surface area (Å²) in [6.07, 6.45) is 0. The molecule has 0 spiro atoms. The van der Waals surface area contributed by atoms with Gasteiger partial charge >= 0.3 is 0 Å². The van der Waals surface area contributed by atoms with Crippen LogP contribution in [0.1, 0.15) is 0 Å². The fourth-order valence-electron chi connectivity index (χ4n) is 0.689. The Bertz CT molecular complexity index is 98.6. The molecule has 1 fully saturated rings. The first-order valence-electron chi connectivity index (χ1n) is 2.54. The zero-order valence-electron chi connectivity index (χ0n) is 4.89. The minimum absolute atomic E-state index is 0.407. The van der Waals surface area contributed by atoms with Gasteiger partial charge in [0.25, 0.3) is 0 Å². The summed E-state index contributed by atoms with van der Waals surface area (Å²) in [6, 6.07) is 0. The average Bonchev–Trinajstić information content (AvgIpc) is 1.98. The molecule has 0 aromatic heterocycles. The van der Waals surface area contributed by atoms with E-state index in [4.69, 9.17) is 11.3 Å². The van der Waals surface area contributed by atoms with Gasteiger partial charge in [0.05, 0.1) is 6.54 Å². The molecule has 0 aromatic rings. The molecule has 8 heavy (non-hydrogen) atoms. The fraction of sp³-hybridized carbons (Fsp3) is 0.750. The van der Waals surface area contributed by atoms with Crippen LogP contribution in [0.3, 0.4) is 0 Å². The first-order valence-corrected chi connectivity index (χ1v) is 2.54. The molecule has 1 rings (SSSR count). The van der Waals surface area contributed by atoms with E-state index < -0.39 is 0 Å². The normalized spacial score (nSPS) is 20.5. The maximum atomic E-state index is 7.19. The lowest BCUT2D eigenvalue weighted by Crippen LogP contribution is -2.35. The first kappa shape index (κ1) is 5.37. The van der Waals surface area contributed by atoms with Crippen molar-refractivity contribution in [2.75, 3.05) is 20.1 Å². The van der Waals surface area contributed by atoms with Crippen LogP contribution in [0.4, 0.5) is 0 Å². The summed E-state index contributed by atoms with van der Waals surface area (Å²) in [6.45, 7) is 1.64. The molecule has 0 atom stereocenters. The van der Waals surface area contributed by atoms with Crippen molar-refractivity contribution < 1.29 is 0 Å². The molecule has 4 heteroatoms. The second kappa shape index (κ2) is 1.63. The van der Waals surface area contributed by atoms with Crippen molar-refractivity contribution in [3.8, 4) is 0 Å². The van der Waals surface area contributed by atoms with Crippen LogP contribution in [0.2, 0.25) is 0 Å². The molecular weight excluding hydrogens is 104 g/mol. The van der Waals surface area contributed by atoms with Gasteiger partial charge in [-0.25, -0.2) is 5.84 Å². The van der Waals surface area contributed by atoms with Crippen LogP contribution in [-0.2, 0) is 0 Å². The molecule has 1 aliphatic heterocycles. The highest BCUT2D eigenvalue weighted by Gasteiger charge is 2.17. The van der Waals surface area contributed by atoms with Crippen LogP contribution in [0, 0.1) is 5.41 Å². The topological polar surface area (TPSA) is 56.4 Å². The zero-order chi connectivity index (χ0) is 6.15.